The maximum Gasteiger partial charge on any atom is 0.257 e. The van der Waals surface area contributed by atoms with Crippen molar-refractivity contribution in [2.75, 3.05) is 40.4 Å². The number of rotatable bonds is 3. The molecule has 1 saturated heterocycles. The first-order chi connectivity index (χ1) is 8.76. The molecule has 0 atom stereocenters. The molecule has 19 heavy (non-hydrogen) atoms. The maximum atomic E-state index is 12.4. The highest BCUT2D eigenvalue weighted by Crippen LogP contribution is 2.25. The summed E-state index contributed by atoms with van der Waals surface area (Å²) < 4.78 is 10.4. The molecule has 1 aliphatic heterocycles. The Morgan fingerprint density at radius 3 is 2.47 bits per heavy atom. The summed E-state index contributed by atoms with van der Waals surface area (Å²) in [5.41, 5.74) is 0.584. The van der Waals surface area contributed by atoms with E-state index in [1.807, 2.05) is 4.90 Å². The first kappa shape index (κ1) is 15.6. The van der Waals surface area contributed by atoms with Crippen LogP contribution in [0.25, 0.3) is 0 Å². The molecule has 0 radical (unpaired) electrons. The zero-order valence-electron chi connectivity index (χ0n) is 11.1. The third-order valence-corrected chi connectivity index (χ3v) is 3.04. The lowest BCUT2D eigenvalue weighted by atomic mass is 10.1. The van der Waals surface area contributed by atoms with Crippen LogP contribution in [0.1, 0.15) is 10.4 Å². The monoisotopic (exact) mass is 286 g/mol. The number of piperazine rings is 1. The largest absolute Gasteiger partial charge is 0.497 e. The number of carbonyl (C=O) groups excluding carboxylic acids is 1. The molecule has 6 heteroatoms. The lowest BCUT2D eigenvalue weighted by Gasteiger charge is -2.28. The highest BCUT2D eigenvalue weighted by molar-refractivity contribution is 5.97. The fraction of sp³-hybridized carbons (Fsp3) is 0.462. The molecule has 1 aliphatic rings. The van der Waals surface area contributed by atoms with Gasteiger partial charge < -0.3 is 19.7 Å². The van der Waals surface area contributed by atoms with Crippen LogP contribution in [0, 0.1) is 0 Å². The molecular formula is C13H19ClN2O3. The topological polar surface area (TPSA) is 50.8 Å². The predicted molar refractivity (Wildman–Crippen MR) is 75.6 cm³/mol. The summed E-state index contributed by atoms with van der Waals surface area (Å²) in [5, 5.41) is 3.22. The standard InChI is InChI=1S/C13H18N2O3.ClH/c1-17-10-3-4-11(12(9-10)18-2)13(16)15-7-5-14-6-8-15;/h3-4,9,14H,5-8H2,1-2H3;1H. The number of nitrogens with one attached hydrogen (secondary N) is 1. The summed E-state index contributed by atoms with van der Waals surface area (Å²) in [4.78, 5) is 14.2. The van der Waals surface area contributed by atoms with Gasteiger partial charge in [-0.25, -0.2) is 0 Å². The molecule has 106 valence electrons. The minimum Gasteiger partial charge on any atom is -0.497 e. The summed E-state index contributed by atoms with van der Waals surface area (Å²) in [5.74, 6) is 1.25. The number of methoxy groups -OCH3 is 2. The zero-order valence-corrected chi connectivity index (χ0v) is 12.0. The van der Waals surface area contributed by atoms with Crippen molar-refractivity contribution in [2.24, 2.45) is 0 Å². The highest BCUT2D eigenvalue weighted by atomic mass is 35.5. The first-order valence-electron chi connectivity index (χ1n) is 5.98. The summed E-state index contributed by atoms with van der Waals surface area (Å²) in [7, 11) is 3.15. The molecule has 1 aromatic carbocycles. The van der Waals surface area contributed by atoms with E-state index in [2.05, 4.69) is 5.32 Å². The molecule has 1 aromatic rings. The Balaban J connectivity index is 0.00000180. The van der Waals surface area contributed by atoms with Crippen LogP contribution in [0.3, 0.4) is 0 Å². The molecule has 1 N–H and O–H groups in total. The molecule has 0 saturated carbocycles. The first-order valence-corrected chi connectivity index (χ1v) is 5.98. The van der Waals surface area contributed by atoms with Crippen LogP contribution in [-0.2, 0) is 0 Å². The Morgan fingerprint density at radius 2 is 1.89 bits per heavy atom. The number of hydrogen-bond acceptors (Lipinski definition) is 4. The quantitative estimate of drug-likeness (QED) is 0.906. The Kier molecular flexibility index (Phi) is 5.92. The van der Waals surface area contributed by atoms with E-state index in [4.69, 9.17) is 9.47 Å². The molecule has 2 rings (SSSR count). The van der Waals surface area contributed by atoms with Crippen LogP contribution in [0.2, 0.25) is 0 Å². The van der Waals surface area contributed by atoms with Crippen molar-refractivity contribution in [3.05, 3.63) is 23.8 Å². The van der Waals surface area contributed by atoms with Gasteiger partial charge >= 0.3 is 0 Å². The Bertz CT molecular complexity index is 434. The van der Waals surface area contributed by atoms with Gasteiger partial charge in [0.05, 0.1) is 19.8 Å². The van der Waals surface area contributed by atoms with E-state index >= 15 is 0 Å². The smallest absolute Gasteiger partial charge is 0.257 e. The SMILES string of the molecule is COc1ccc(C(=O)N2CCNCC2)c(OC)c1.Cl. The van der Waals surface area contributed by atoms with Gasteiger partial charge in [0.1, 0.15) is 11.5 Å². The molecule has 0 spiro atoms. The molecule has 1 heterocycles. The van der Waals surface area contributed by atoms with Crippen LogP contribution in [0.5, 0.6) is 11.5 Å². The molecule has 1 amide bonds. The molecule has 1 fully saturated rings. The van der Waals surface area contributed by atoms with Crippen LogP contribution >= 0.6 is 12.4 Å². The van der Waals surface area contributed by atoms with E-state index in [0.717, 1.165) is 26.2 Å². The van der Waals surface area contributed by atoms with Gasteiger partial charge in [-0.05, 0) is 12.1 Å². The Labute approximate surface area is 119 Å². The van der Waals surface area contributed by atoms with E-state index in [0.29, 0.717) is 17.1 Å². The fourth-order valence-electron chi connectivity index (χ4n) is 2.01. The third-order valence-electron chi connectivity index (χ3n) is 3.04. The summed E-state index contributed by atoms with van der Waals surface area (Å²) in [6.45, 7) is 3.14. The van der Waals surface area contributed by atoms with Gasteiger partial charge in [-0.15, -0.1) is 12.4 Å². The molecule has 0 aromatic heterocycles. The number of nitrogens with zero attached hydrogens (tertiary/aromatic N) is 1. The number of hydrogen-bond donors (Lipinski definition) is 1. The molecule has 0 aliphatic carbocycles. The second-order valence-corrected chi connectivity index (χ2v) is 4.11. The van der Waals surface area contributed by atoms with Crippen LogP contribution < -0.4 is 14.8 Å². The van der Waals surface area contributed by atoms with Crippen LogP contribution in [-0.4, -0.2) is 51.2 Å². The minimum absolute atomic E-state index is 0. The van der Waals surface area contributed by atoms with Gasteiger partial charge in [0.2, 0.25) is 0 Å². The number of carbonyl (C=O) groups is 1. The molecular weight excluding hydrogens is 268 g/mol. The fourth-order valence-corrected chi connectivity index (χ4v) is 2.01. The van der Waals surface area contributed by atoms with Crippen molar-refractivity contribution in [1.29, 1.82) is 0 Å². The predicted octanol–water partition coefficient (Wildman–Crippen LogP) is 1.17. The van der Waals surface area contributed by atoms with Crippen LogP contribution in [0.15, 0.2) is 18.2 Å². The van der Waals surface area contributed by atoms with Gasteiger partial charge in [0.15, 0.2) is 0 Å². The van der Waals surface area contributed by atoms with Gasteiger partial charge in [-0.2, -0.15) is 0 Å². The van der Waals surface area contributed by atoms with Crippen molar-refractivity contribution in [3.63, 3.8) is 0 Å². The zero-order chi connectivity index (χ0) is 13.0. The molecule has 0 unspecified atom stereocenters. The molecule has 0 bridgehead atoms. The van der Waals surface area contributed by atoms with Gasteiger partial charge in [0, 0.05) is 32.2 Å². The van der Waals surface area contributed by atoms with Gasteiger partial charge in [0.25, 0.3) is 5.91 Å². The Hall–Kier alpha value is -1.46. The third kappa shape index (κ3) is 3.52. The second kappa shape index (κ2) is 7.21. The Morgan fingerprint density at radius 1 is 1.21 bits per heavy atom. The minimum atomic E-state index is 0. The van der Waals surface area contributed by atoms with Gasteiger partial charge in [-0.3, -0.25) is 4.79 Å². The maximum absolute atomic E-state index is 12.4. The number of amides is 1. The van der Waals surface area contributed by atoms with E-state index in [1.54, 1.807) is 32.4 Å². The highest BCUT2D eigenvalue weighted by Gasteiger charge is 2.21. The summed E-state index contributed by atoms with van der Waals surface area (Å²) in [6.07, 6.45) is 0. The van der Waals surface area contributed by atoms with Crippen molar-refractivity contribution in [3.8, 4) is 11.5 Å². The normalized spacial score (nSPS) is 14.5. The average molecular weight is 287 g/mol. The second-order valence-electron chi connectivity index (χ2n) is 4.11. The van der Waals surface area contributed by atoms with Crippen molar-refractivity contribution in [1.82, 2.24) is 10.2 Å². The number of benzene rings is 1. The van der Waals surface area contributed by atoms with Crippen molar-refractivity contribution >= 4 is 18.3 Å². The van der Waals surface area contributed by atoms with E-state index in [9.17, 15) is 4.79 Å². The van der Waals surface area contributed by atoms with E-state index in [1.165, 1.54) is 0 Å². The van der Waals surface area contributed by atoms with Crippen LogP contribution in [0.4, 0.5) is 0 Å². The molecule has 5 nitrogen and oxygen atoms in total. The van der Waals surface area contributed by atoms with Crippen molar-refractivity contribution < 1.29 is 14.3 Å². The average Bonchev–Trinajstić information content (AvgIpc) is 2.46. The van der Waals surface area contributed by atoms with Gasteiger partial charge in [-0.1, -0.05) is 0 Å². The van der Waals surface area contributed by atoms with E-state index in [-0.39, 0.29) is 18.3 Å². The van der Waals surface area contributed by atoms with E-state index < -0.39 is 0 Å². The summed E-state index contributed by atoms with van der Waals surface area (Å²) in [6, 6.07) is 5.26. The number of halogens is 1. The summed E-state index contributed by atoms with van der Waals surface area (Å²) >= 11 is 0. The number of ether oxygens (including phenoxy) is 2. The lowest BCUT2D eigenvalue weighted by Crippen LogP contribution is -2.46. The van der Waals surface area contributed by atoms with Crippen molar-refractivity contribution in [2.45, 2.75) is 0 Å². The lowest BCUT2D eigenvalue weighted by molar-refractivity contribution is 0.0732.